The molecule has 5 heteroatoms. The molecule has 2 aromatic rings. The maximum Gasteiger partial charge on any atom is 0.320 e. The molecule has 0 saturated heterocycles. The van der Waals surface area contributed by atoms with E-state index in [-0.39, 0.29) is 5.38 Å². The topological polar surface area (TPSA) is 51.0 Å². The molecule has 1 heterocycles. The normalized spacial score (nSPS) is 12.4. The van der Waals surface area contributed by atoms with Crippen LogP contribution in [0.15, 0.2) is 28.7 Å². The molecular weight excluding hydrogens is 226 g/mol. The Labute approximate surface area is 98.6 Å². The van der Waals surface area contributed by atoms with E-state index in [2.05, 4.69) is 15.5 Å². The summed E-state index contributed by atoms with van der Waals surface area (Å²) < 4.78 is 5.31. The highest BCUT2D eigenvalue weighted by molar-refractivity contribution is 6.20. The van der Waals surface area contributed by atoms with Crippen LogP contribution in [0.25, 0.3) is 0 Å². The Morgan fingerprint density at radius 1 is 1.25 bits per heavy atom. The van der Waals surface area contributed by atoms with E-state index < -0.39 is 0 Å². The number of halogens is 1. The Morgan fingerprint density at radius 3 is 2.50 bits per heavy atom. The summed E-state index contributed by atoms with van der Waals surface area (Å²) in [5, 5.41) is 10.4. The Balaban J connectivity index is 2.11. The van der Waals surface area contributed by atoms with Crippen molar-refractivity contribution in [2.45, 2.75) is 19.2 Å². The van der Waals surface area contributed by atoms with Crippen LogP contribution in [-0.4, -0.2) is 10.2 Å². The summed E-state index contributed by atoms with van der Waals surface area (Å²) in [5.41, 5.74) is 2.11. The van der Waals surface area contributed by atoms with E-state index in [1.165, 1.54) is 5.56 Å². The fourth-order valence-corrected chi connectivity index (χ4v) is 1.29. The molecular formula is C11H12ClN3O. The highest BCUT2D eigenvalue weighted by atomic mass is 35.5. The molecule has 1 aromatic carbocycles. The minimum Gasteiger partial charge on any atom is -0.406 e. The van der Waals surface area contributed by atoms with Crippen LogP contribution < -0.4 is 5.32 Å². The third kappa shape index (κ3) is 2.52. The highest BCUT2D eigenvalue weighted by Crippen LogP contribution is 2.21. The van der Waals surface area contributed by atoms with Crippen molar-refractivity contribution >= 4 is 23.3 Å². The number of hydrogen-bond acceptors (Lipinski definition) is 4. The predicted molar refractivity (Wildman–Crippen MR) is 63.0 cm³/mol. The smallest absolute Gasteiger partial charge is 0.320 e. The lowest BCUT2D eigenvalue weighted by molar-refractivity contribution is 0.510. The van der Waals surface area contributed by atoms with E-state index in [1.807, 2.05) is 31.2 Å². The van der Waals surface area contributed by atoms with Crippen LogP contribution in [0.5, 0.6) is 0 Å². The second-order valence-corrected chi connectivity index (χ2v) is 4.21. The molecule has 1 aromatic heterocycles. The minimum atomic E-state index is -0.277. The van der Waals surface area contributed by atoms with Gasteiger partial charge in [0.15, 0.2) is 0 Å². The van der Waals surface area contributed by atoms with Crippen molar-refractivity contribution < 1.29 is 4.42 Å². The summed E-state index contributed by atoms with van der Waals surface area (Å²) in [6.45, 7) is 3.81. The average Bonchev–Trinajstić information content (AvgIpc) is 2.70. The van der Waals surface area contributed by atoms with Crippen LogP contribution in [0.4, 0.5) is 11.7 Å². The summed E-state index contributed by atoms with van der Waals surface area (Å²) >= 11 is 5.82. The molecule has 0 aliphatic heterocycles. The van der Waals surface area contributed by atoms with Crippen LogP contribution >= 0.6 is 11.6 Å². The number of hydrogen-bond donors (Lipinski definition) is 1. The zero-order valence-electron chi connectivity index (χ0n) is 9.07. The van der Waals surface area contributed by atoms with Crippen molar-refractivity contribution in [1.82, 2.24) is 10.2 Å². The van der Waals surface area contributed by atoms with Gasteiger partial charge in [0.25, 0.3) is 0 Å². The number of nitrogens with one attached hydrogen (secondary N) is 1. The van der Waals surface area contributed by atoms with Gasteiger partial charge in [-0.05, 0) is 26.0 Å². The quantitative estimate of drug-likeness (QED) is 0.831. The molecule has 0 aliphatic rings. The number of rotatable bonds is 3. The Bertz CT molecular complexity index is 464. The third-order valence-corrected chi connectivity index (χ3v) is 2.27. The van der Waals surface area contributed by atoms with Gasteiger partial charge in [-0.25, -0.2) is 0 Å². The largest absolute Gasteiger partial charge is 0.406 e. The first kappa shape index (κ1) is 11.0. The van der Waals surface area contributed by atoms with Crippen LogP contribution in [0.3, 0.4) is 0 Å². The number of alkyl halides is 1. The van der Waals surface area contributed by atoms with Gasteiger partial charge in [0.05, 0.1) is 0 Å². The zero-order valence-corrected chi connectivity index (χ0v) is 9.82. The molecule has 16 heavy (non-hydrogen) atoms. The van der Waals surface area contributed by atoms with Crippen LogP contribution in [0, 0.1) is 6.92 Å². The van der Waals surface area contributed by atoms with Crippen molar-refractivity contribution in [2.24, 2.45) is 0 Å². The van der Waals surface area contributed by atoms with Crippen molar-refractivity contribution in [3.63, 3.8) is 0 Å². The molecule has 2 rings (SSSR count). The number of aryl methyl sites for hydroxylation is 1. The first-order valence-electron chi connectivity index (χ1n) is 4.96. The van der Waals surface area contributed by atoms with Crippen molar-refractivity contribution in [2.75, 3.05) is 5.32 Å². The van der Waals surface area contributed by atoms with Gasteiger partial charge in [-0.15, -0.1) is 16.7 Å². The van der Waals surface area contributed by atoms with Crippen LogP contribution in [0.2, 0.25) is 0 Å². The molecule has 1 unspecified atom stereocenters. The van der Waals surface area contributed by atoms with Crippen molar-refractivity contribution in [3.05, 3.63) is 35.7 Å². The maximum atomic E-state index is 5.82. The predicted octanol–water partition coefficient (Wildman–Crippen LogP) is 3.42. The summed E-state index contributed by atoms with van der Waals surface area (Å²) in [7, 11) is 0. The lowest BCUT2D eigenvalue weighted by Gasteiger charge is -2.00. The number of nitrogens with zero attached hydrogens (tertiary/aromatic N) is 2. The molecule has 0 bridgehead atoms. The van der Waals surface area contributed by atoms with Crippen LogP contribution in [-0.2, 0) is 0 Å². The number of aromatic nitrogens is 2. The van der Waals surface area contributed by atoms with Crippen LogP contribution in [0.1, 0.15) is 23.8 Å². The van der Waals surface area contributed by atoms with Crippen molar-refractivity contribution in [1.29, 1.82) is 0 Å². The second-order valence-electron chi connectivity index (χ2n) is 3.55. The fraction of sp³-hybridized carbons (Fsp3) is 0.273. The average molecular weight is 238 g/mol. The second kappa shape index (κ2) is 4.53. The van der Waals surface area contributed by atoms with E-state index in [9.17, 15) is 0 Å². The summed E-state index contributed by atoms with van der Waals surface area (Å²) in [4.78, 5) is 0. The first-order valence-corrected chi connectivity index (χ1v) is 5.40. The van der Waals surface area contributed by atoms with Gasteiger partial charge >= 0.3 is 6.01 Å². The van der Waals surface area contributed by atoms with Gasteiger partial charge in [0.2, 0.25) is 5.89 Å². The molecule has 1 atom stereocenters. The zero-order chi connectivity index (χ0) is 11.5. The summed E-state index contributed by atoms with van der Waals surface area (Å²) in [5.74, 6) is 0.413. The highest BCUT2D eigenvalue weighted by Gasteiger charge is 2.10. The Kier molecular flexibility index (Phi) is 3.10. The standard InChI is InChI=1S/C11H12ClN3O/c1-7-3-5-9(6-4-7)13-11-15-14-10(16-11)8(2)12/h3-6,8H,1-2H3,(H,13,15). The van der Waals surface area contributed by atoms with Gasteiger partial charge in [-0.1, -0.05) is 22.8 Å². The summed E-state index contributed by atoms with van der Waals surface area (Å²) in [6.07, 6.45) is 0. The first-order chi connectivity index (χ1) is 7.65. The monoisotopic (exact) mass is 237 g/mol. The molecule has 0 amide bonds. The lowest BCUT2D eigenvalue weighted by Crippen LogP contribution is -1.89. The molecule has 0 spiro atoms. The molecule has 4 nitrogen and oxygen atoms in total. The van der Waals surface area contributed by atoms with Gasteiger partial charge in [0, 0.05) is 5.69 Å². The third-order valence-electron chi connectivity index (χ3n) is 2.08. The molecule has 0 radical (unpaired) electrons. The summed E-state index contributed by atoms with van der Waals surface area (Å²) in [6, 6.07) is 8.26. The molecule has 0 aliphatic carbocycles. The lowest BCUT2D eigenvalue weighted by atomic mass is 10.2. The molecule has 0 fully saturated rings. The van der Waals surface area contributed by atoms with E-state index in [4.69, 9.17) is 16.0 Å². The maximum absolute atomic E-state index is 5.82. The number of anilines is 2. The fourth-order valence-electron chi connectivity index (χ4n) is 1.21. The van der Waals surface area contributed by atoms with E-state index in [1.54, 1.807) is 6.92 Å². The van der Waals surface area contributed by atoms with Gasteiger partial charge < -0.3 is 9.73 Å². The van der Waals surface area contributed by atoms with E-state index in [0.717, 1.165) is 5.69 Å². The van der Waals surface area contributed by atoms with Crippen molar-refractivity contribution in [3.8, 4) is 0 Å². The van der Waals surface area contributed by atoms with Gasteiger partial charge in [-0.3, -0.25) is 0 Å². The van der Waals surface area contributed by atoms with Gasteiger partial charge in [-0.2, -0.15) is 0 Å². The molecule has 0 saturated carbocycles. The minimum absolute atomic E-state index is 0.277. The SMILES string of the molecule is Cc1ccc(Nc2nnc(C(C)Cl)o2)cc1. The number of benzene rings is 1. The van der Waals surface area contributed by atoms with E-state index >= 15 is 0 Å². The Hall–Kier alpha value is -1.55. The van der Waals surface area contributed by atoms with E-state index in [0.29, 0.717) is 11.9 Å². The van der Waals surface area contributed by atoms with Gasteiger partial charge in [0.1, 0.15) is 5.38 Å². The molecule has 84 valence electrons. The Morgan fingerprint density at radius 2 is 1.94 bits per heavy atom. The molecule has 1 N–H and O–H groups in total.